The number of nitrogens with one attached hydrogen (secondary N) is 1. The summed E-state index contributed by atoms with van der Waals surface area (Å²) in [6.07, 6.45) is -1.22. The second-order valence-corrected chi connectivity index (χ2v) is 7.22. The maximum absolute atomic E-state index is 12.8. The maximum Gasteiger partial charge on any atom is 0.429 e. The summed E-state index contributed by atoms with van der Waals surface area (Å²) < 4.78 is 15.7. The lowest BCUT2D eigenvalue weighted by Crippen LogP contribution is -2.54. The van der Waals surface area contributed by atoms with Crippen molar-refractivity contribution in [1.82, 2.24) is 10.4 Å². The lowest BCUT2D eigenvalue weighted by Gasteiger charge is -2.31. The quantitative estimate of drug-likeness (QED) is 0.560. The van der Waals surface area contributed by atoms with Crippen molar-refractivity contribution in [2.75, 3.05) is 20.3 Å². The van der Waals surface area contributed by atoms with E-state index in [0.29, 0.717) is 13.0 Å². The third-order valence-electron chi connectivity index (χ3n) is 4.53. The molecule has 0 aliphatic rings. The number of ether oxygens (including phenoxy) is 3. The fraction of sp³-hybridized carbons (Fsp3) is 0.391. The summed E-state index contributed by atoms with van der Waals surface area (Å²) in [5, 5.41) is 10.9. The van der Waals surface area contributed by atoms with Gasteiger partial charge in [-0.25, -0.2) is 20.0 Å². The Labute approximate surface area is 182 Å². The van der Waals surface area contributed by atoms with E-state index in [0.717, 1.165) is 16.1 Å². The van der Waals surface area contributed by atoms with E-state index in [1.165, 1.54) is 0 Å². The molecule has 31 heavy (non-hydrogen) atoms. The van der Waals surface area contributed by atoms with E-state index in [1.807, 2.05) is 67.6 Å². The van der Waals surface area contributed by atoms with Crippen LogP contribution in [0.2, 0.25) is 0 Å². The van der Waals surface area contributed by atoms with Crippen molar-refractivity contribution in [3.63, 3.8) is 0 Å². The van der Waals surface area contributed by atoms with Gasteiger partial charge in [-0.1, -0.05) is 67.6 Å². The van der Waals surface area contributed by atoms with Gasteiger partial charge in [0.25, 0.3) is 0 Å². The molecule has 2 aromatic carbocycles. The van der Waals surface area contributed by atoms with E-state index in [4.69, 9.17) is 14.2 Å². The second-order valence-electron chi connectivity index (χ2n) is 7.22. The lowest BCUT2D eigenvalue weighted by atomic mass is 10.0. The molecule has 0 saturated heterocycles. The monoisotopic (exact) mass is 430 g/mol. The molecular weight excluding hydrogens is 400 g/mol. The molecule has 0 aliphatic carbocycles. The molecule has 2 atom stereocenters. The average Bonchev–Trinajstić information content (AvgIpc) is 2.80. The van der Waals surface area contributed by atoms with Crippen LogP contribution in [0.4, 0.5) is 9.59 Å². The molecule has 0 saturated carbocycles. The molecule has 0 spiro atoms. The van der Waals surface area contributed by atoms with Gasteiger partial charge in [-0.2, -0.15) is 0 Å². The number of nitrogens with zero attached hydrogens (tertiary/aromatic N) is 1. The van der Waals surface area contributed by atoms with Crippen LogP contribution in [0.5, 0.6) is 0 Å². The van der Waals surface area contributed by atoms with Crippen LogP contribution in [0.25, 0.3) is 0 Å². The van der Waals surface area contributed by atoms with Gasteiger partial charge < -0.3 is 19.3 Å². The Morgan fingerprint density at radius 2 is 1.52 bits per heavy atom. The third-order valence-corrected chi connectivity index (χ3v) is 4.53. The molecule has 0 fully saturated rings. The minimum Gasteiger partial charge on any atom is -0.443 e. The highest BCUT2D eigenvalue weighted by Gasteiger charge is 2.28. The summed E-state index contributed by atoms with van der Waals surface area (Å²) in [6.45, 7) is 2.08. The summed E-state index contributed by atoms with van der Waals surface area (Å²) in [4.78, 5) is 25.1. The van der Waals surface area contributed by atoms with Crippen LogP contribution < -0.4 is 5.43 Å². The summed E-state index contributed by atoms with van der Waals surface area (Å²) in [7, 11) is 1.58. The molecule has 2 amide bonds. The molecule has 8 nitrogen and oxygen atoms in total. The topological polar surface area (TPSA) is 97.3 Å². The van der Waals surface area contributed by atoms with E-state index in [1.54, 1.807) is 7.11 Å². The fourth-order valence-electron chi connectivity index (χ4n) is 3.01. The van der Waals surface area contributed by atoms with Crippen LogP contribution in [-0.4, -0.2) is 48.7 Å². The number of amides is 2. The highest BCUT2D eigenvalue weighted by atomic mass is 16.6. The first-order valence-electron chi connectivity index (χ1n) is 10.1. The number of benzene rings is 2. The Hall–Kier alpha value is -3.10. The second kappa shape index (κ2) is 13.3. The average molecular weight is 431 g/mol. The molecule has 2 N–H and O–H groups in total. The van der Waals surface area contributed by atoms with Crippen LogP contribution in [0.3, 0.4) is 0 Å². The van der Waals surface area contributed by atoms with Gasteiger partial charge in [0.2, 0.25) is 0 Å². The number of hydrazine groups is 1. The van der Waals surface area contributed by atoms with Gasteiger partial charge >= 0.3 is 12.2 Å². The van der Waals surface area contributed by atoms with E-state index < -0.39 is 18.2 Å². The number of hydrogen-bond acceptors (Lipinski definition) is 6. The molecule has 168 valence electrons. The van der Waals surface area contributed by atoms with Gasteiger partial charge in [0.05, 0.1) is 12.6 Å². The molecule has 1 unspecified atom stereocenters. The van der Waals surface area contributed by atoms with Crippen LogP contribution in [0.15, 0.2) is 60.7 Å². The number of aliphatic hydroxyl groups is 1. The summed E-state index contributed by atoms with van der Waals surface area (Å²) in [6, 6.07) is 17.6. The van der Waals surface area contributed by atoms with Gasteiger partial charge in [-0.15, -0.1) is 0 Å². The number of aliphatic hydroxyl groups excluding tert-OH is 1. The SMILES string of the molecule is COCC(C)C[C@@H](CO)N(NC(=O)OCc1ccccc1)C(=O)OCc1ccccc1. The van der Waals surface area contributed by atoms with Crippen molar-refractivity contribution in [2.24, 2.45) is 5.92 Å². The number of hydrogen-bond donors (Lipinski definition) is 2. The minimum atomic E-state index is -0.821. The van der Waals surface area contributed by atoms with Gasteiger partial charge in [-0.3, -0.25) is 0 Å². The maximum atomic E-state index is 12.8. The zero-order valence-corrected chi connectivity index (χ0v) is 17.9. The minimum absolute atomic E-state index is 0.0304. The Bertz CT molecular complexity index is 787. The molecule has 8 heteroatoms. The Morgan fingerprint density at radius 3 is 2.03 bits per heavy atom. The zero-order chi connectivity index (χ0) is 22.5. The standard InChI is InChI=1S/C23H30N2O6/c1-18(15-29-2)13-21(14-26)25(23(28)31-17-20-11-7-4-8-12-20)24-22(27)30-16-19-9-5-3-6-10-19/h3-12,18,21,26H,13-17H2,1-2H3,(H,24,27)/t18?,21-/m0/s1. The highest BCUT2D eigenvalue weighted by molar-refractivity contribution is 5.74. The van der Waals surface area contributed by atoms with Gasteiger partial charge in [-0.05, 0) is 23.5 Å². The van der Waals surface area contributed by atoms with Crippen molar-refractivity contribution >= 4 is 12.2 Å². The van der Waals surface area contributed by atoms with Gasteiger partial charge in [0.15, 0.2) is 0 Å². The first-order valence-corrected chi connectivity index (χ1v) is 10.1. The van der Waals surface area contributed by atoms with Crippen LogP contribution >= 0.6 is 0 Å². The molecule has 2 rings (SSSR count). The van der Waals surface area contributed by atoms with Crippen LogP contribution in [0, 0.1) is 5.92 Å². The van der Waals surface area contributed by atoms with Crippen molar-refractivity contribution < 1.29 is 28.9 Å². The van der Waals surface area contributed by atoms with E-state index in [2.05, 4.69) is 5.43 Å². The zero-order valence-electron chi connectivity index (χ0n) is 17.9. The molecule has 2 aromatic rings. The van der Waals surface area contributed by atoms with E-state index >= 15 is 0 Å². The van der Waals surface area contributed by atoms with Crippen LogP contribution in [0.1, 0.15) is 24.5 Å². The highest BCUT2D eigenvalue weighted by Crippen LogP contribution is 2.14. The first kappa shape index (κ1) is 24.2. The van der Waals surface area contributed by atoms with Crippen molar-refractivity contribution in [3.8, 4) is 0 Å². The molecule has 0 aliphatic heterocycles. The van der Waals surface area contributed by atoms with Gasteiger partial charge in [0, 0.05) is 13.7 Å². The number of methoxy groups -OCH3 is 1. The predicted octanol–water partition coefficient (Wildman–Crippen LogP) is 3.50. The molecule has 0 radical (unpaired) electrons. The van der Waals surface area contributed by atoms with Gasteiger partial charge in [0.1, 0.15) is 13.2 Å². The lowest BCUT2D eigenvalue weighted by molar-refractivity contribution is 0.0220. The molecule has 0 aromatic heterocycles. The smallest absolute Gasteiger partial charge is 0.429 e. The van der Waals surface area contributed by atoms with E-state index in [-0.39, 0.29) is 25.7 Å². The molecule has 0 heterocycles. The molecular formula is C23H30N2O6. The Balaban J connectivity index is 2.03. The number of carbonyl (C=O) groups is 2. The predicted molar refractivity (Wildman–Crippen MR) is 115 cm³/mol. The Morgan fingerprint density at radius 1 is 0.968 bits per heavy atom. The van der Waals surface area contributed by atoms with Crippen molar-refractivity contribution in [2.45, 2.75) is 32.6 Å². The molecule has 0 bridgehead atoms. The van der Waals surface area contributed by atoms with Crippen molar-refractivity contribution in [1.29, 1.82) is 0 Å². The summed E-state index contributed by atoms with van der Waals surface area (Å²) >= 11 is 0. The first-order chi connectivity index (χ1) is 15.0. The number of carbonyl (C=O) groups excluding carboxylic acids is 2. The number of rotatable bonds is 10. The summed E-state index contributed by atoms with van der Waals surface area (Å²) in [5.41, 5.74) is 4.03. The van der Waals surface area contributed by atoms with Crippen LogP contribution in [-0.2, 0) is 27.4 Å². The summed E-state index contributed by atoms with van der Waals surface area (Å²) in [5.74, 6) is 0.0358. The largest absolute Gasteiger partial charge is 0.443 e. The normalized spacial score (nSPS) is 12.5. The third kappa shape index (κ3) is 8.65. The van der Waals surface area contributed by atoms with Crippen molar-refractivity contribution in [3.05, 3.63) is 71.8 Å². The Kier molecular flexibility index (Phi) is 10.3. The van der Waals surface area contributed by atoms with E-state index in [9.17, 15) is 14.7 Å². The fourth-order valence-corrected chi connectivity index (χ4v) is 3.01.